The van der Waals surface area contributed by atoms with Gasteiger partial charge >= 0.3 is 0 Å². The summed E-state index contributed by atoms with van der Waals surface area (Å²) < 4.78 is 33.8. The maximum atomic E-state index is 12.1. The summed E-state index contributed by atoms with van der Waals surface area (Å²) in [6.07, 6.45) is 9.90. The average molecular weight is 428 g/mol. The SMILES string of the molecule is CCCCCCCCCOc1ccc(/C=N\S(=O)(=O)c2cccs2)cc1Cl. The predicted molar refractivity (Wildman–Crippen MR) is 114 cm³/mol. The topological polar surface area (TPSA) is 55.7 Å². The molecule has 4 nitrogen and oxygen atoms in total. The number of nitrogens with zero attached hydrogens (tertiary/aromatic N) is 1. The fourth-order valence-electron chi connectivity index (χ4n) is 2.55. The quantitative estimate of drug-likeness (QED) is 0.293. The molecule has 2 rings (SSSR count). The van der Waals surface area contributed by atoms with Crippen LogP contribution in [0.25, 0.3) is 0 Å². The van der Waals surface area contributed by atoms with Crippen molar-refractivity contribution in [1.29, 1.82) is 0 Å². The predicted octanol–water partition coefficient (Wildman–Crippen LogP) is 6.34. The standard InChI is InChI=1S/C20H26ClNO3S2/c1-2-3-4-5-6-7-8-13-25-19-12-11-17(15-18(19)21)16-22-27(23,24)20-10-9-14-26-20/h9-12,14-16H,2-8,13H2,1H3/b22-16-. The van der Waals surface area contributed by atoms with Crippen LogP contribution in [-0.2, 0) is 10.0 Å². The highest BCUT2D eigenvalue weighted by Gasteiger charge is 2.12. The second kappa shape index (κ2) is 11.5. The Morgan fingerprint density at radius 2 is 1.85 bits per heavy atom. The van der Waals surface area contributed by atoms with Crippen molar-refractivity contribution >= 4 is 39.2 Å². The van der Waals surface area contributed by atoms with Crippen molar-refractivity contribution in [3.8, 4) is 5.75 Å². The normalized spacial score (nSPS) is 11.9. The summed E-state index contributed by atoms with van der Waals surface area (Å²) >= 11 is 7.38. The van der Waals surface area contributed by atoms with Crippen LogP contribution < -0.4 is 4.74 Å². The molecule has 0 aliphatic heterocycles. The van der Waals surface area contributed by atoms with E-state index in [1.807, 2.05) is 0 Å². The van der Waals surface area contributed by atoms with Gasteiger partial charge in [-0.05, 0) is 41.6 Å². The molecule has 0 amide bonds. The van der Waals surface area contributed by atoms with Crippen molar-refractivity contribution in [3.05, 3.63) is 46.3 Å². The van der Waals surface area contributed by atoms with E-state index >= 15 is 0 Å². The number of ether oxygens (including phenoxy) is 1. The minimum Gasteiger partial charge on any atom is -0.492 e. The molecule has 0 aliphatic carbocycles. The highest BCUT2D eigenvalue weighted by molar-refractivity contribution is 7.92. The molecule has 2 aromatic rings. The van der Waals surface area contributed by atoms with Crippen LogP contribution in [0.1, 0.15) is 57.4 Å². The van der Waals surface area contributed by atoms with Crippen LogP contribution in [0.2, 0.25) is 5.02 Å². The van der Waals surface area contributed by atoms with Gasteiger partial charge in [-0.15, -0.1) is 11.3 Å². The van der Waals surface area contributed by atoms with Crippen LogP contribution in [-0.4, -0.2) is 21.2 Å². The third-order valence-electron chi connectivity index (χ3n) is 4.05. The minimum absolute atomic E-state index is 0.222. The number of hydrogen-bond donors (Lipinski definition) is 0. The van der Waals surface area contributed by atoms with Crippen LogP contribution in [0.3, 0.4) is 0 Å². The number of sulfonamides is 1. The van der Waals surface area contributed by atoms with Crippen LogP contribution in [0.5, 0.6) is 5.75 Å². The van der Waals surface area contributed by atoms with E-state index in [4.69, 9.17) is 16.3 Å². The van der Waals surface area contributed by atoms with Gasteiger partial charge in [-0.1, -0.05) is 63.1 Å². The first-order valence-corrected chi connectivity index (χ1v) is 12.0. The Labute approximate surface area is 171 Å². The first-order valence-electron chi connectivity index (χ1n) is 9.29. The Bertz CT molecular complexity index is 818. The second-order valence-corrected chi connectivity index (χ2v) is 9.52. The van der Waals surface area contributed by atoms with Gasteiger partial charge in [-0.3, -0.25) is 0 Å². The van der Waals surface area contributed by atoms with Crippen molar-refractivity contribution in [1.82, 2.24) is 0 Å². The minimum atomic E-state index is -3.65. The van der Waals surface area contributed by atoms with Gasteiger partial charge in [0, 0.05) is 6.21 Å². The maximum absolute atomic E-state index is 12.1. The van der Waals surface area contributed by atoms with E-state index in [2.05, 4.69) is 11.3 Å². The van der Waals surface area contributed by atoms with E-state index in [0.29, 0.717) is 22.9 Å². The van der Waals surface area contributed by atoms with E-state index in [0.717, 1.165) is 24.2 Å². The smallest absolute Gasteiger partial charge is 0.291 e. The molecule has 148 valence electrons. The second-order valence-electron chi connectivity index (χ2n) is 6.30. The van der Waals surface area contributed by atoms with E-state index < -0.39 is 10.0 Å². The number of unbranched alkanes of at least 4 members (excludes halogenated alkanes) is 6. The molecule has 7 heteroatoms. The zero-order valence-corrected chi connectivity index (χ0v) is 18.0. The zero-order chi connectivity index (χ0) is 19.5. The van der Waals surface area contributed by atoms with Crippen molar-refractivity contribution in [2.45, 2.75) is 56.1 Å². The largest absolute Gasteiger partial charge is 0.492 e. The molecule has 0 bridgehead atoms. The summed E-state index contributed by atoms with van der Waals surface area (Å²) in [5.41, 5.74) is 0.614. The van der Waals surface area contributed by atoms with Crippen molar-refractivity contribution in [2.24, 2.45) is 4.40 Å². The molecule has 0 atom stereocenters. The van der Waals surface area contributed by atoms with Gasteiger partial charge < -0.3 is 4.74 Å². The zero-order valence-electron chi connectivity index (χ0n) is 15.6. The highest BCUT2D eigenvalue weighted by Crippen LogP contribution is 2.26. The van der Waals surface area contributed by atoms with Gasteiger partial charge in [0.25, 0.3) is 10.0 Å². The third-order valence-corrected chi connectivity index (χ3v) is 6.96. The lowest BCUT2D eigenvalue weighted by Gasteiger charge is -2.08. The van der Waals surface area contributed by atoms with E-state index in [9.17, 15) is 8.42 Å². The lowest BCUT2D eigenvalue weighted by atomic mass is 10.1. The molecule has 0 N–H and O–H groups in total. The molecule has 0 aliphatic rings. The average Bonchev–Trinajstić information content (AvgIpc) is 3.19. The number of thiophene rings is 1. The molecule has 27 heavy (non-hydrogen) atoms. The van der Waals surface area contributed by atoms with Crippen molar-refractivity contribution < 1.29 is 13.2 Å². The van der Waals surface area contributed by atoms with E-state index in [1.54, 1.807) is 29.6 Å². The molecule has 0 unspecified atom stereocenters. The Morgan fingerprint density at radius 1 is 1.11 bits per heavy atom. The van der Waals surface area contributed by atoms with E-state index in [1.165, 1.54) is 44.4 Å². The highest BCUT2D eigenvalue weighted by atomic mass is 35.5. The number of benzene rings is 1. The molecule has 0 fully saturated rings. The van der Waals surface area contributed by atoms with Gasteiger partial charge in [0.15, 0.2) is 0 Å². The monoisotopic (exact) mass is 427 g/mol. The molecule has 0 saturated heterocycles. The first-order chi connectivity index (χ1) is 13.0. The Kier molecular flexibility index (Phi) is 9.31. The Balaban J connectivity index is 1.80. The summed E-state index contributed by atoms with van der Waals surface area (Å²) in [7, 11) is -3.65. The molecule has 0 spiro atoms. The van der Waals surface area contributed by atoms with Crippen LogP contribution in [0.4, 0.5) is 0 Å². The molecule has 1 aromatic heterocycles. The molecule has 0 saturated carbocycles. The van der Waals surface area contributed by atoms with Gasteiger partial charge in [-0.2, -0.15) is 12.8 Å². The Morgan fingerprint density at radius 3 is 2.52 bits per heavy atom. The first kappa shape index (κ1) is 21.9. The van der Waals surface area contributed by atoms with Crippen LogP contribution >= 0.6 is 22.9 Å². The van der Waals surface area contributed by atoms with Crippen molar-refractivity contribution in [2.75, 3.05) is 6.61 Å². The number of rotatable bonds is 12. The third kappa shape index (κ3) is 7.64. The van der Waals surface area contributed by atoms with Crippen LogP contribution in [0, 0.1) is 0 Å². The lowest BCUT2D eigenvalue weighted by Crippen LogP contribution is -1.99. The molecule has 1 aromatic carbocycles. The fraction of sp³-hybridized carbons (Fsp3) is 0.450. The Hall–Kier alpha value is -1.37. The summed E-state index contributed by atoms with van der Waals surface area (Å²) in [5, 5.41) is 2.16. The summed E-state index contributed by atoms with van der Waals surface area (Å²) in [6.45, 7) is 2.85. The summed E-state index contributed by atoms with van der Waals surface area (Å²) in [5.74, 6) is 0.612. The van der Waals surface area contributed by atoms with Crippen molar-refractivity contribution in [3.63, 3.8) is 0 Å². The molecular weight excluding hydrogens is 402 g/mol. The number of hydrogen-bond acceptors (Lipinski definition) is 4. The van der Waals surface area contributed by atoms with E-state index in [-0.39, 0.29) is 4.21 Å². The fourth-order valence-corrected chi connectivity index (χ4v) is 4.64. The summed E-state index contributed by atoms with van der Waals surface area (Å²) in [6, 6.07) is 8.38. The summed E-state index contributed by atoms with van der Waals surface area (Å²) in [4.78, 5) is 0. The molecule has 0 radical (unpaired) electrons. The maximum Gasteiger partial charge on any atom is 0.291 e. The number of halogens is 1. The van der Waals surface area contributed by atoms with Crippen LogP contribution in [0.15, 0.2) is 44.3 Å². The van der Waals surface area contributed by atoms with Gasteiger partial charge in [0.05, 0.1) is 11.6 Å². The molecule has 1 heterocycles. The van der Waals surface area contributed by atoms with Gasteiger partial charge in [0.1, 0.15) is 9.96 Å². The van der Waals surface area contributed by atoms with Gasteiger partial charge in [0.2, 0.25) is 0 Å². The molecular formula is C20H26ClNO3S2. The van der Waals surface area contributed by atoms with Gasteiger partial charge in [-0.25, -0.2) is 0 Å². The lowest BCUT2D eigenvalue weighted by molar-refractivity contribution is 0.304.